The van der Waals surface area contributed by atoms with Gasteiger partial charge in [0.1, 0.15) is 11.5 Å². The Balaban J connectivity index is 2.07. The van der Waals surface area contributed by atoms with Gasteiger partial charge in [-0.25, -0.2) is 0 Å². The second-order valence-electron chi connectivity index (χ2n) is 8.49. The molecule has 2 aromatic rings. The van der Waals surface area contributed by atoms with Crippen LogP contribution in [0.2, 0.25) is 0 Å². The highest BCUT2D eigenvalue weighted by molar-refractivity contribution is 6.46. The maximum absolute atomic E-state index is 13.2. The maximum atomic E-state index is 13.2. The number of ether oxygens (including phenoxy) is 1. The molecule has 6 heteroatoms. The average Bonchev–Trinajstić information content (AvgIpc) is 3.12. The Morgan fingerprint density at radius 2 is 1.74 bits per heavy atom. The molecule has 0 aliphatic carbocycles. The molecule has 1 aliphatic heterocycles. The fourth-order valence-corrected chi connectivity index (χ4v) is 4.29. The SMILES string of the molecule is CCCOc1cccc(C(O)=C2C(=O)C(=O)N(CCN(CC)CC)C2c2ccc(CC)cc2)c1. The van der Waals surface area contributed by atoms with Gasteiger partial charge < -0.3 is 19.6 Å². The molecule has 1 aliphatic rings. The highest BCUT2D eigenvalue weighted by Gasteiger charge is 2.45. The molecule has 0 spiro atoms. The number of nitrogens with zero attached hydrogens (tertiary/aromatic N) is 2. The van der Waals surface area contributed by atoms with Crippen molar-refractivity contribution in [1.82, 2.24) is 9.80 Å². The summed E-state index contributed by atoms with van der Waals surface area (Å²) in [7, 11) is 0. The lowest BCUT2D eigenvalue weighted by Gasteiger charge is -2.28. The van der Waals surface area contributed by atoms with Gasteiger partial charge in [-0.3, -0.25) is 9.59 Å². The molecule has 34 heavy (non-hydrogen) atoms. The van der Waals surface area contributed by atoms with Crippen LogP contribution in [-0.4, -0.2) is 59.4 Å². The van der Waals surface area contributed by atoms with E-state index in [0.717, 1.165) is 31.5 Å². The largest absolute Gasteiger partial charge is 0.507 e. The van der Waals surface area contributed by atoms with Crippen LogP contribution in [0.5, 0.6) is 5.75 Å². The molecule has 1 amide bonds. The first-order valence-corrected chi connectivity index (χ1v) is 12.3. The van der Waals surface area contributed by atoms with Crippen molar-refractivity contribution >= 4 is 17.4 Å². The van der Waals surface area contributed by atoms with Crippen LogP contribution in [0.1, 0.15) is 56.8 Å². The van der Waals surface area contributed by atoms with Crippen molar-refractivity contribution in [2.75, 3.05) is 32.8 Å². The molecule has 0 bridgehead atoms. The number of aryl methyl sites for hydroxylation is 1. The van der Waals surface area contributed by atoms with E-state index < -0.39 is 17.7 Å². The molecule has 6 nitrogen and oxygen atoms in total. The van der Waals surface area contributed by atoms with Crippen LogP contribution < -0.4 is 4.74 Å². The molecule has 0 radical (unpaired) electrons. The van der Waals surface area contributed by atoms with Crippen molar-refractivity contribution in [2.45, 2.75) is 46.6 Å². The van der Waals surface area contributed by atoms with Crippen LogP contribution in [0.4, 0.5) is 0 Å². The number of carbonyl (C=O) groups excluding carboxylic acids is 2. The number of Topliss-reactive ketones (excluding diaryl/α,β-unsaturated/α-hetero) is 1. The van der Waals surface area contributed by atoms with Crippen molar-refractivity contribution in [2.24, 2.45) is 0 Å². The highest BCUT2D eigenvalue weighted by atomic mass is 16.5. The third kappa shape index (κ3) is 5.50. The van der Waals surface area contributed by atoms with Gasteiger partial charge in [0.25, 0.3) is 11.7 Å². The summed E-state index contributed by atoms with van der Waals surface area (Å²) < 4.78 is 5.70. The lowest BCUT2D eigenvalue weighted by molar-refractivity contribution is -0.140. The summed E-state index contributed by atoms with van der Waals surface area (Å²) in [5.41, 5.74) is 2.58. The standard InChI is InChI=1S/C28H36N2O4/c1-5-18-34-23-11-9-10-22(19-23)26(31)24-25(21-14-12-20(6-2)13-15-21)30(28(33)27(24)32)17-16-29(7-3)8-4/h9-15,19,25,31H,5-8,16-18H2,1-4H3. The number of likely N-dealkylation sites (N-methyl/N-ethyl adjacent to an activating group) is 1. The number of hydrogen-bond donors (Lipinski definition) is 1. The van der Waals surface area contributed by atoms with Gasteiger partial charge in [-0.05, 0) is 49.2 Å². The number of rotatable bonds is 11. The number of likely N-dealkylation sites (tertiary alicyclic amines) is 1. The molecule has 1 saturated heterocycles. The molecule has 1 heterocycles. The van der Waals surface area contributed by atoms with Gasteiger partial charge in [-0.1, -0.05) is 64.1 Å². The van der Waals surface area contributed by atoms with Gasteiger partial charge in [0.2, 0.25) is 0 Å². The van der Waals surface area contributed by atoms with Crippen LogP contribution in [0, 0.1) is 0 Å². The van der Waals surface area contributed by atoms with Crippen LogP contribution >= 0.6 is 0 Å². The molecule has 3 rings (SSSR count). The van der Waals surface area contributed by atoms with Crippen molar-refractivity contribution < 1.29 is 19.4 Å². The van der Waals surface area contributed by atoms with Crippen molar-refractivity contribution in [3.63, 3.8) is 0 Å². The second kappa shape index (κ2) is 11.8. The number of hydrogen-bond acceptors (Lipinski definition) is 5. The lowest BCUT2D eigenvalue weighted by atomic mass is 9.94. The zero-order chi connectivity index (χ0) is 24.7. The number of aliphatic hydroxyl groups excluding tert-OH is 1. The molecule has 1 unspecified atom stereocenters. The van der Waals surface area contributed by atoms with E-state index in [1.54, 1.807) is 23.1 Å². The van der Waals surface area contributed by atoms with Crippen molar-refractivity contribution in [3.05, 3.63) is 70.8 Å². The van der Waals surface area contributed by atoms with Gasteiger partial charge in [-0.15, -0.1) is 0 Å². The number of carbonyl (C=O) groups is 2. The van der Waals surface area contributed by atoms with Crippen LogP contribution in [0.3, 0.4) is 0 Å². The Labute approximate surface area is 202 Å². The Bertz CT molecular complexity index is 1020. The minimum absolute atomic E-state index is 0.126. The predicted molar refractivity (Wildman–Crippen MR) is 135 cm³/mol. The first-order chi connectivity index (χ1) is 16.4. The minimum atomic E-state index is -0.651. The summed E-state index contributed by atoms with van der Waals surface area (Å²) in [5, 5.41) is 11.3. The van der Waals surface area contributed by atoms with E-state index in [9.17, 15) is 14.7 Å². The van der Waals surface area contributed by atoms with E-state index in [0.29, 0.717) is 31.0 Å². The fourth-order valence-electron chi connectivity index (χ4n) is 4.29. The minimum Gasteiger partial charge on any atom is -0.507 e. The van der Waals surface area contributed by atoms with Crippen molar-refractivity contribution in [1.29, 1.82) is 0 Å². The molecule has 1 N–H and O–H groups in total. The maximum Gasteiger partial charge on any atom is 0.295 e. The zero-order valence-corrected chi connectivity index (χ0v) is 20.7. The Hall–Kier alpha value is -3.12. The molecular formula is C28H36N2O4. The summed E-state index contributed by atoms with van der Waals surface area (Å²) in [4.78, 5) is 30.2. The Kier molecular flexibility index (Phi) is 8.88. The third-order valence-electron chi connectivity index (χ3n) is 6.38. The summed E-state index contributed by atoms with van der Waals surface area (Å²) >= 11 is 0. The normalized spacial score (nSPS) is 17.6. The van der Waals surface area contributed by atoms with Gasteiger partial charge in [0.05, 0.1) is 18.2 Å². The molecular weight excluding hydrogens is 428 g/mol. The molecule has 0 aromatic heterocycles. The van der Waals surface area contributed by atoms with E-state index in [1.807, 2.05) is 37.3 Å². The van der Waals surface area contributed by atoms with Gasteiger partial charge >= 0.3 is 0 Å². The number of aliphatic hydroxyl groups is 1. The smallest absolute Gasteiger partial charge is 0.295 e. The number of benzene rings is 2. The monoisotopic (exact) mass is 464 g/mol. The van der Waals surface area contributed by atoms with E-state index in [4.69, 9.17) is 4.74 Å². The molecule has 1 fully saturated rings. The van der Waals surface area contributed by atoms with E-state index in [-0.39, 0.29) is 11.3 Å². The molecule has 0 saturated carbocycles. The summed E-state index contributed by atoms with van der Waals surface area (Å²) in [6, 6.07) is 14.3. The van der Waals surface area contributed by atoms with E-state index in [2.05, 4.69) is 25.7 Å². The highest BCUT2D eigenvalue weighted by Crippen LogP contribution is 2.39. The van der Waals surface area contributed by atoms with Crippen LogP contribution in [-0.2, 0) is 16.0 Å². The summed E-state index contributed by atoms with van der Waals surface area (Å²) in [6.07, 6.45) is 1.76. The number of amides is 1. The first kappa shape index (κ1) is 25.5. The van der Waals surface area contributed by atoms with Gasteiger partial charge in [-0.2, -0.15) is 0 Å². The van der Waals surface area contributed by atoms with Crippen LogP contribution in [0.15, 0.2) is 54.1 Å². The molecule has 1 atom stereocenters. The first-order valence-electron chi connectivity index (χ1n) is 12.3. The summed E-state index contributed by atoms with van der Waals surface area (Å²) in [6.45, 7) is 11.6. The van der Waals surface area contributed by atoms with Crippen LogP contribution in [0.25, 0.3) is 5.76 Å². The molecule has 182 valence electrons. The Morgan fingerprint density at radius 3 is 2.35 bits per heavy atom. The third-order valence-corrected chi connectivity index (χ3v) is 6.38. The van der Waals surface area contributed by atoms with Gasteiger partial charge in [0, 0.05) is 18.7 Å². The molecule has 2 aromatic carbocycles. The Morgan fingerprint density at radius 1 is 1.03 bits per heavy atom. The van der Waals surface area contributed by atoms with Crippen molar-refractivity contribution in [3.8, 4) is 5.75 Å². The quantitative estimate of drug-likeness (QED) is 0.294. The summed E-state index contributed by atoms with van der Waals surface area (Å²) in [5.74, 6) is -0.779. The zero-order valence-electron chi connectivity index (χ0n) is 20.7. The predicted octanol–water partition coefficient (Wildman–Crippen LogP) is 4.80. The average molecular weight is 465 g/mol. The topological polar surface area (TPSA) is 70.1 Å². The fraction of sp³-hybridized carbons (Fsp3) is 0.429. The van der Waals surface area contributed by atoms with E-state index in [1.165, 1.54) is 5.56 Å². The lowest BCUT2D eigenvalue weighted by Crippen LogP contribution is -2.38. The number of ketones is 1. The van der Waals surface area contributed by atoms with Gasteiger partial charge in [0.15, 0.2) is 0 Å². The van der Waals surface area contributed by atoms with E-state index >= 15 is 0 Å². The second-order valence-corrected chi connectivity index (χ2v) is 8.49.